The summed E-state index contributed by atoms with van der Waals surface area (Å²) in [6.45, 7) is 5.58. The lowest BCUT2D eigenvalue weighted by Crippen LogP contribution is -2.20. The van der Waals surface area contributed by atoms with Crippen molar-refractivity contribution in [2.75, 3.05) is 25.9 Å². The second kappa shape index (κ2) is 8.74. The zero-order valence-corrected chi connectivity index (χ0v) is 18.4. The van der Waals surface area contributed by atoms with Crippen molar-refractivity contribution in [3.8, 4) is 22.6 Å². The van der Waals surface area contributed by atoms with Crippen LogP contribution in [0.4, 0.5) is 0 Å². The van der Waals surface area contributed by atoms with Gasteiger partial charge in [-0.1, -0.05) is 24.3 Å². The maximum Gasteiger partial charge on any atom is 0.226 e. The molecule has 2 aromatic carbocycles. The SMILES string of the molecule is Cc1oc(-c2ccc(-c3ccc(S(C)(=O)=O)cc3)cc2)nc1CCCN1CCCC1. The van der Waals surface area contributed by atoms with E-state index in [0.717, 1.165) is 47.5 Å². The number of nitrogens with zero attached hydrogens (tertiary/aromatic N) is 2. The molecule has 0 N–H and O–H groups in total. The van der Waals surface area contributed by atoms with Crippen LogP contribution in [0.1, 0.15) is 30.7 Å². The summed E-state index contributed by atoms with van der Waals surface area (Å²) in [6, 6.07) is 15.0. The summed E-state index contributed by atoms with van der Waals surface area (Å²) in [7, 11) is -3.18. The summed E-state index contributed by atoms with van der Waals surface area (Å²) in [5.74, 6) is 1.55. The normalized spacial score (nSPS) is 15.0. The Labute approximate surface area is 178 Å². The Bertz CT molecular complexity index is 1090. The molecule has 0 amide bonds. The van der Waals surface area contributed by atoms with Crippen molar-refractivity contribution in [3.63, 3.8) is 0 Å². The molecule has 1 aliphatic heterocycles. The van der Waals surface area contributed by atoms with Crippen molar-refractivity contribution in [2.24, 2.45) is 0 Å². The molecule has 0 saturated carbocycles. The fraction of sp³-hybridized carbons (Fsp3) is 0.375. The number of rotatable bonds is 7. The van der Waals surface area contributed by atoms with Gasteiger partial charge in [-0.05, 0) is 87.6 Å². The highest BCUT2D eigenvalue weighted by atomic mass is 32.2. The van der Waals surface area contributed by atoms with Gasteiger partial charge >= 0.3 is 0 Å². The fourth-order valence-corrected chi connectivity index (χ4v) is 4.59. The van der Waals surface area contributed by atoms with Gasteiger partial charge in [-0.15, -0.1) is 0 Å². The van der Waals surface area contributed by atoms with Crippen LogP contribution in [0.5, 0.6) is 0 Å². The molecule has 30 heavy (non-hydrogen) atoms. The quantitative estimate of drug-likeness (QED) is 0.548. The maximum atomic E-state index is 11.6. The van der Waals surface area contributed by atoms with Gasteiger partial charge in [0.1, 0.15) is 5.76 Å². The van der Waals surface area contributed by atoms with E-state index in [9.17, 15) is 8.42 Å². The molecule has 1 saturated heterocycles. The van der Waals surface area contributed by atoms with E-state index >= 15 is 0 Å². The molecule has 5 nitrogen and oxygen atoms in total. The third kappa shape index (κ3) is 4.82. The zero-order valence-electron chi connectivity index (χ0n) is 17.6. The first-order valence-corrected chi connectivity index (χ1v) is 12.4. The van der Waals surface area contributed by atoms with Gasteiger partial charge in [-0.3, -0.25) is 0 Å². The van der Waals surface area contributed by atoms with Crippen LogP contribution in [0.3, 0.4) is 0 Å². The van der Waals surface area contributed by atoms with E-state index in [1.165, 1.54) is 32.2 Å². The lowest BCUT2D eigenvalue weighted by Gasteiger charge is -2.13. The third-order valence-corrected chi connectivity index (χ3v) is 6.86. The first-order valence-electron chi connectivity index (χ1n) is 10.5. The van der Waals surface area contributed by atoms with Crippen LogP contribution in [0.15, 0.2) is 57.8 Å². The highest BCUT2D eigenvalue weighted by Crippen LogP contribution is 2.27. The summed E-state index contributed by atoms with van der Waals surface area (Å²) in [6.07, 6.45) is 5.91. The van der Waals surface area contributed by atoms with Gasteiger partial charge < -0.3 is 9.32 Å². The average molecular weight is 425 g/mol. The van der Waals surface area contributed by atoms with Crippen LogP contribution in [-0.2, 0) is 16.3 Å². The van der Waals surface area contributed by atoms with Crippen molar-refractivity contribution in [1.29, 1.82) is 0 Å². The third-order valence-electron chi connectivity index (χ3n) is 5.73. The van der Waals surface area contributed by atoms with Gasteiger partial charge in [0.2, 0.25) is 5.89 Å². The predicted molar refractivity (Wildman–Crippen MR) is 119 cm³/mol. The highest BCUT2D eigenvalue weighted by molar-refractivity contribution is 7.90. The van der Waals surface area contributed by atoms with E-state index in [4.69, 9.17) is 9.40 Å². The van der Waals surface area contributed by atoms with Gasteiger partial charge in [0.05, 0.1) is 10.6 Å². The summed E-state index contributed by atoms with van der Waals surface area (Å²) < 4.78 is 29.2. The van der Waals surface area contributed by atoms with E-state index in [0.29, 0.717) is 10.8 Å². The van der Waals surface area contributed by atoms with Gasteiger partial charge in [0.25, 0.3) is 0 Å². The van der Waals surface area contributed by atoms with Crippen molar-refractivity contribution < 1.29 is 12.8 Å². The van der Waals surface area contributed by atoms with Crippen LogP contribution in [0.25, 0.3) is 22.6 Å². The van der Waals surface area contributed by atoms with Crippen LogP contribution >= 0.6 is 0 Å². The number of aryl methyl sites for hydroxylation is 2. The van der Waals surface area contributed by atoms with Crippen molar-refractivity contribution in [3.05, 3.63) is 60.0 Å². The Morgan fingerprint density at radius 3 is 2.10 bits per heavy atom. The van der Waals surface area contributed by atoms with Crippen LogP contribution in [0, 0.1) is 6.92 Å². The fourth-order valence-electron chi connectivity index (χ4n) is 3.96. The van der Waals surface area contributed by atoms with E-state index in [-0.39, 0.29) is 0 Å². The molecule has 6 heteroatoms. The molecular formula is C24H28N2O3S. The van der Waals surface area contributed by atoms with Crippen LogP contribution in [-0.4, -0.2) is 44.2 Å². The molecule has 0 radical (unpaired) electrons. The Morgan fingerprint density at radius 1 is 0.933 bits per heavy atom. The van der Waals surface area contributed by atoms with E-state index in [1.807, 2.05) is 43.3 Å². The molecule has 1 aliphatic rings. The molecular weight excluding hydrogens is 396 g/mol. The number of benzene rings is 2. The predicted octanol–water partition coefficient (Wildman–Crippen LogP) is 4.75. The number of likely N-dealkylation sites (tertiary alicyclic amines) is 1. The number of hydrogen-bond donors (Lipinski definition) is 0. The lowest BCUT2D eigenvalue weighted by atomic mass is 10.0. The molecule has 0 spiro atoms. The standard InChI is InChI=1S/C24H28N2O3S/c1-18-23(6-5-17-26-15-3-4-16-26)25-24(29-18)21-9-7-19(8-10-21)20-11-13-22(14-12-20)30(2,27)28/h7-14H,3-6,15-17H2,1-2H3. The summed E-state index contributed by atoms with van der Waals surface area (Å²) in [4.78, 5) is 7.59. The van der Waals surface area contributed by atoms with Crippen LogP contribution in [0.2, 0.25) is 0 Å². The molecule has 1 aromatic heterocycles. The first-order chi connectivity index (χ1) is 14.4. The number of hydrogen-bond acceptors (Lipinski definition) is 5. The number of aromatic nitrogens is 1. The van der Waals surface area contributed by atoms with Crippen LogP contribution < -0.4 is 0 Å². The smallest absolute Gasteiger partial charge is 0.226 e. The Hall–Kier alpha value is -2.44. The Morgan fingerprint density at radius 2 is 1.50 bits per heavy atom. The second-order valence-electron chi connectivity index (χ2n) is 8.05. The number of sulfone groups is 1. The second-order valence-corrected chi connectivity index (χ2v) is 10.1. The van der Waals surface area contributed by atoms with E-state index in [2.05, 4.69) is 4.90 Å². The topological polar surface area (TPSA) is 63.4 Å². The molecule has 1 fully saturated rings. The molecule has 3 aromatic rings. The van der Waals surface area contributed by atoms with Gasteiger partial charge in [0.15, 0.2) is 9.84 Å². The Balaban J connectivity index is 1.43. The minimum atomic E-state index is -3.18. The maximum absolute atomic E-state index is 11.6. The average Bonchev–Trinajstić information content (AvgIpc) is 3.38. The first kappa shape index (κ1) is 20.8. The van der Waals surface area contributed by atoms with Crippen molar-refractivity contribution in [2.45, 2.75) is 37.5 Å². The summed E-state index contributed by atoms with van der Waals surface area (Å²) in [5, 5.41) is 0. The molecule has 0 aliphatic carbocycles. The molecule has 158 valence electrons. The number of oxazole rings is 1. The zero-order chi connectivity index (χ0) is 21.1. The highest BCUT2D eigenvalue weighted by Gasteiger charge is 2.14. The van der Waals surface area contributed by atoms with E-state index < -0.39 is 9.84 Å². The molecule has 4 rings (SSSR count). The minimum absolute atomic E-state index is 0.329. The molecule has 2 heterocycles. The summed E-state index contributed by atoms with van der Waals surface area (Å²) in [5.41, 5.74) is 3.98. The van der Waals surface area contributed by atoms with Gasteiger partial charge in [-0.25, -0.2) is 13.4 Å². The van der Waals surface area contributed by atoms with Crippen molar-refractivity contribution in [1.82, 2.24) is 9.88 Å². The molecule has 0 unspecified atom stereocenters. The monoisotopic (exact) mass is 424 g/mol. The van der Waals surface area contributed by atoms with E-state index in [1.54, 1.807) is 12.1 Å². The molecule has 0 bridgehead atoms. The molecule has 0 atom stereocenters. The lowest BCUT2D eigenvalue weighted by molar-refractivity contribution is 0.333. The van der Waals surface area contributed by atoms with Gasteiger partial charge in [0, 0.05) is 11.8 Å². The minimum Gasteiger partial charge on any atom is -0.441 e. The Kier molecular flexibility index (Phi) is 6.06. The van der Waals surface area contributed by atoms with Crippen molar-refractivity contribution >= 4 is 9.84 Å². The largest absolute Gasteiger partial charge is 0.441 e. The summed E-state index contributed by atoms with van der Waals surface area (Å²) >= 11 is 0. The van der Waals surface area contributed by atoms with Gasteiger partial charge in [-0.2, -0.15) is 0 Å².